The number of aryl methyl sites for hydroxylation is 1. The second kappa shape index (κ2) is 13.3. The maximum absolute atomic E-state index is 12.8. The average molecular weight is 557 g/mol. The van der Waals surface area contributed by atoms with Gasteiger partial charge in [0, 0.05) is 29.5 Å². The summed E-state index contributed by atoms with van der Waals surface area (Å²) in [6.45, 7) is 1.90. The highest BCUT2D eigenvalue weighted by Crippen LogP contribution is 2.22. The molecule has 1 aromatic heterocycles. The van der Waals surface area contributed by atoms with E-state index in [0.717, 1.165) is 16.9 Å². The standard InChI is InChI=1S/C31H32N4O6/c1-3-40-31(38)25(35-28(36)15-8-19-6-12-24(39-2)13-7-19)16-20-4-10-23(11-5-20)34-30(37)27-18-22-17-21(29(32)33)9-14-26(22)41-27/h4-7,9-14,17-18,25H,3,8,15-16H2,1-2H3,(H3,32,33)(H,34,37)(H,35,36)/t25-/m0/s1. The number of amidine groups is 1. The molecule has 3 aromatic carbocycles. The molecule has 4 aromatic rings. The van der Waals surface area contributed by atoms with E-state index < -0.39 is 17.9 Å². The number of nitrogen functional groups attached to an aromatic ring is 1. The van der Waals surface area contributed by atoms with Crippen LogP contribution in [0.2, 0.25) is 0 Å². The van der Waals surface area contributed by atoms with E-state index >= 15 is 0 Å². The van der Waals surface area contributed by atoms with Gasteiger partial charge in [-0.25, -0.2) is 4.79 Å². The second-order valence-corrected chi connectivity index (χ2v) is 9.35. The van der Waals surface area contributed by atoms with E-state index in [1.54, 1.807) is 62.6 Å². The van der Waals surface area contributed by atoms with Crippen LogP contribution in [0.4, 0.5) is 5.69 Å². The molecular formula is C31H32N4O6. The van der Waals surface area contributed by atoms with Crippen molar-refractivity contribution in [2.24, 2.45) is 5.73 Å². The average Bonchev–Trinajstić information content (AvgIpc) is 3.41. The Labute approximate surface area is 237 Å². The summed E-state index contributed by atoms with van der Waals surface area (Å²) in [6, 6.07) is 20.1. The summed E-state index contributed by atoms with van der Waals surface area (Å²) in [7, 11) is 1.59. The van der Waals surface area contributed by atoms with Crippen molar-refractivity contribution >= 4 is 40.3 Å². The number of furan rings is 1. The molecule has 10 heteroatoms. The third-order valence-corrected chi connectivity index (χ3v) is 6.41. The highest BCUT2D eigenvalue weighted by molar-refractivity contribution is 6.05. The number of esters is 1. The predicted octanol–water partition coefficient (Wildman–Crippen LogP) is 4.20. The van der Waals surface area contributed by atoms with Crippen LogP contribution in [0.15, 0.2) is 77.2 Å². The van der Waals surface area contributed by atoms with E-state index in [4.69, 9.17) is 25.0 Å². The zero-order valence-electron chi connectivity index (χ0n) is 22.9. The van der Waals surface area contributed by atoms with Crippen molar-refractivity contribution in [3.8, 4) is 5.75 Å². The number of carbonyl (C=O) groups is 3. The molecule has 0 saturated heterocycles. The van der Waals surface area contributed by atoms with Crippen LogP contribution in [-0.2, 0) is 27.2 Å². The second-order valence-electron chi connectivity index (χ2n) is 9.35. The molecule has 0 saturated carbocycles. The number of hydrogen-bond donors (Lipinski definition) is 4. The molecule has 1 atom stereocenters. The number of ether oxygens (including phenoxy) is 2. The number of fused-ring (bicyclic) bond motifs is 1. The van der Waals surface area contributed by atoms with Gasteiger partial charge in [-0.2, -0.15) is 0 Å². The fourth-order valence-corrected chi connectivity index (χ4v) is 4.23. The number of nitrogens with one attached hydrogen (secondary N) is 3. The molecule has 0 unspecified atom stereocenters. The summed E-state index contributed by atoms with van der Waals surface area (Å²) >= 11 is 0. The Morgan fingerprint density at radius 2 is 1.68 bits per heavy atom. The first kappa shape index (κ1) is 28.9. The minimum Gasteiger partial charge on any atom is -0.497 e. The Bertz CT molecular complexity index is 1540. The molecule has 4 rings (SSSR count). The van der Waals surface area contributed by atoms with Crippen LogP contribution in [-0.4, -0.2) is 43.4 Å². The van der Waals surface area contributed by atoms with E-state index in [9.17, 15) is 14.4 Å². The molecule has 0 bridgehead atoms. The van der Waals surface area contributed by atoms with Gasteiger partial charge in [-0.05, 0) is 73.0 Å². The SMILES string of the molecule is CCOC(=O)[C@H](Cc1ccc(NC(=O)c2cc3cc(C(=N)N)ccc3o2)cc1)NC(=O)CCc1ccc(OC)cc1. The quantitative estimate of drug-likeness (QED) is 0.116. The lowest BCUT2D eigenvalue weighted by Gasteiger charge is -2.18. The van der Waals surface area contributed by atoms with Gasteiger partial charge in [0.2, 0.25) is 5.91 Å². The van der Waals surface area contributed by atoms with Crippen LogP contribution in [0.25, 0.3) is 11.0 Å². The van der Waals surface area contributed by atoms with Crippen LogP contribution >= 0.6 is 0 Å². The fourth-order valence-electron chi connectivity index (χ4n) is 4.23. The lowest BCUT2D eigenvalue weighted by molar-refractivity contribution is -0.147. The lowest BCUT2D eigenvalue weighted by atomic mass is 10.0. The van der Waals surface area contributed by atoms with E-state index in [1.165, 1.54) is 0 Å². The molecule has 0 aliphatic heterocycles. The summed E-state index contributed by atoms with van der Waals surface area (Å²) in [5.41, 5.74) is 8.87. The van der Waals surface area contributed by atoms with Gasteiger partial charge < -0.3 is 30.3 Å². The molecule has 0 radical (unpaired) electrons. The number of rotatable bonds is 12. The van der Waals surface area contributed by atoms with Gasteiger partial charge in [0.15, 0.2) is 5.76 Å². The van der Waals surface area contributed by atoms with Crippen molar-refractivity contribution < 1.29 is 28.3 Å². The summed E-state index contributed by atoms with van der Waals surface area (Å²) in [5.74, 6) is -0.427. The van der Waals surface area contributed by atoms with Gasteiger partial charge in [0.05, 0.1) is 13.7 Å². The monoisotopic (exact) mass is 556 g/mol. The summed E-state index contributed by atoms with van der Waals surface area (Å²) in [4.78, 5) is 38.0. The first-order chi connectivity index (χ1) is 19.7. The molecule has 0 spiro atoms. The van der Waals surface area contributed by atoms with Crippen molar-refractivity contribution in [1.29, 1.82) is 5.41 Å². The number of anilines is 1. The Kier molecular flexibility index (Phi) is 9.36. The molecule has 0 aliphatic carbocycles. The van der Waals surface area contributed by atoms with Crippen LogP contribution < -0.4 is 21.1 Å². The number of methoxy groups -OCH3 is 1. The first-order valence-electron chi connectivity index (χ1n) is 13.1. The molecule has 5 N–H and O–H groups in total. The molecule has 41 heavy (non-hydrogen) atoms. The molecule has 212 valence electrons. The van der Waals surface area contributed by atoms with E-state index in [-0.39, 0.29) is 37.0 Å². The number of carbonyl (C=O) groups excluding carboxylic acids is 3. The Morgan fingerprint density at radius 1 is 0.976 bits per heavy atom. The molecule has 0 aliphatic rings. The predicted molar refractivity (Wildman–Crippen MR) is 155 cm³/mol. The normalized spacial score (nSPS) is 11.5. The molecule has 10 nitrogen and oxygen atoms in total. The zero-order valence-corrected chi connectivity index (χ0v) is 22.9. The number of hydrogen-bond acceptors (Lipinski definition) is 7. The number of amides is 2. The zero-order chi connectivity index (χ0) is 29.4. The van der Waals surface area contributed by atoms with E-state index in [0.29, 0.717) is 28.6 Å². The van der Waals surface area contributed by atoms with Gasteiger partial charge in [0.1, 0.15) is 23.2 Å². The van der Waals surface area contributed by atoms with Crippen LogP contribution in [0.3, 0.4) is 0 Å². The Balaban J connectivity index is 1.36. The van der Waals surface area contributed by atoms with Gasteiger partial charge in [-0.15, -0.1) is 0 Å². The highest BCUT2D eigenvalue weighted by atomic mass is 16.5. The highest BCUT2D eigenvalue weighted by Gasteiger charge is 2.23. The molecule has 0 fully saturated rings. The Hall–Kier alpha value is -5.12. The van der Waals surface area contributed by atoms with Crippen molar-refractivity contribution in [1.82, 2.24) is 5.32 Å². The van der Waals surface area contributed by atoms with Crippen LogP contribution in [0.5, 0.6) is 5.75 Å². The van der Waals surface area contributed by atoms with Crippen LogP contribution in [0, 0.1) is 5.41 Å². The van der Waals surface area contributed by atoms with Gasteiger partial charge in [0.25, 0.3) is 5.91 Å². The van der Waals surface area contributed by atoms with Crippen molar-refractivity contribution in [3.05, 3.63) is 95.2 Å². The van der Waals surface area contributed by atoms with Crippen LogP contribution in [0.1, 0.15) is 40.6 Å². The number of benzene rings is 3. The molecular weight excluding hydrogens is 524 g/mol. The minimum absolute atomic E-state index is 0.0717. The van der Waals surface area contributed by atoms with Crippen molar-refractivity contribution in [3.63, 3.8) is 0 Å². The Morgan fingerprint density at radius 3 is 2.34 bits per heavy atom. The maximum atomic E-state index is 12.8. The molecule has 1 heterocycles. The van der Waals surface area contributed by atoms with Gasteiger partial charge in [-0.3, -0.25) is 15.0 Å². The molecule has 2 amide bonds. The summed E-state index contributed by atoms with van der Waals surface area (Å²) in [5, 5.41) is 13.8. The van der Waals surface area contributed by atoms with E-state index in [2.05, 4.69) is 10.6 Å². The van der Waals surface area contributed by atoms with Gasteiger partial charge in [-0.1, -0.05) is 24.3 Å². The third-order valence-electron chi connectivity index (χ3n) is 6.41. The van der Waals surface area contributed by atoms with Crippen molar-refractivity contribution in [2.45, 2.75) is 32.2 Å². The fraction of sp³-hybridized carbons (Fsp3) is 0.226. The first-order valence-corrected chi connectivity index (χ1v) is 13.1. The minimum atomic E-state index is -0.853. The van der Waals surface area contributed by atoms with Gasteiger partial charge >= 0.3 is 5.97 Å². The smallest absolute Gasteiger partial charge is 0.328 e. The summed E-state index contributed by atoms with van der Waals surface area (Å²) < 4.78 is 16.0. The van der Waals surface area contributed by atoms with E-state index in [1.807, 2.05) is 24.3 Å². The maximum Gasteiger partial charge on any atom is 0.328 e. The van der Waals surface area contributed by atoms with Crippen molar-refractivity contribution in [2.75, 3.05) is 19.0 Å². The number of nitrogens with two attached hydrogens (primary N) is 1. The third kappa shape index (κ3) is 7.72. The lowest BCUT2D eigenvalue weighted by Crippen LogP contribution is -2.43. The summed E-state index contributed by atoms with van der Waals surface area (Å²) in [6.07, 6.45) is 0.956. The largest absolute Gasteiger partial charge is 0.497 e. The topological polar surface area (TPSA) is 157 Å².